The number of hydrogen-bond acceptors (Lipinski definition) is 3. The lowest BCUT2D eigenvalue weighted by Gasteiger charge is -2.31. The van der Waals surface area contributed by atoms with Crippen LogP contribution in [0.25, 0.3) is 0 Å². The molecule has 22 heavy (non-hydrogen) atoms. The molecule has 1 saturated heterocycles. The van der Waals surface area contributed by atoms with Crippen LogP contribution in [0.3, 0.4) is 0 Å². The largest absolute Gasteiger partial charge is 0.497 e. The van der Waals surface area contributed by atoms with E-state index >= 15 is 0 Å². The van der Waals surface area contributed by atoms with E-state index in [-0.39, 0.29) is 11.8 Å². The maximum absolute atomic E-state index is 12.4. The molecule has 1 amide bonds. The van der Waals surface area contributed by atoms with Crippen molar-refractivity contribution < 1.29 is 19.4 Å². The minimum Gasteiger partial charge on any atom is -0.497 e. The van der Waals surface area contributed by atoms with Crippen LogP contribution in [0.1, 0.15) is 37.7 Å². The minimum absolute atomic E-state index is 0.0290. The summed E-state index contributed by atoms with van der Waals surface area (Å²) >= 11 is 0. The maximum Gasteiger partial charge on any atom is 0.308 e. The van der Waals surface area contributed by atoms with Gasteiger partial charge in [0.05, 0.1) is 13.0 Å². The van der Waals surface area contributed by atoms with Crippen molar-refractivity contribution in [3.05, 3.63) is 29.8 Å². The Morgan fingerprint density at radius 2 is 2.23 bits per heavy atom. The van der Waals surface area contributed by atoms with Crippen LogP contribution in [0, 0.1) is 5.92 Å². The predicted octanol–water partition coefficient (Wildman–Crippen LogP) is 2.51. The summed E-state index contributed by atoms with van der Waals surface area (Å²) in [5.74, 6) is -0.349. The van der Waals surface area contributed by atoms with Crippen LogP contribution in [0.15, 0.2) is 24.3 Å². The summed E-state index contributed by atoms with van der Waals surface area (Å²) in [6.45, 7) is 3.00. The number of likely N-dealkylation sites (tertiary alicyclic amines) is 1. The summed E-state index contributed by atoms with van der Waals surface area (Å²) in [5.41, 5.74) is 1.06. The molecule has 0 unspecified atom stereocenters. The van der Waals surface area contributed by atoms with Crippen LogP contribution in [0.2, 0.25) is 0 Å². The van der Waals surface area contributed by atoms with E-state index in [2.05, 4.69) is 0 Å². The number of methoxy groups -OCH3 is 1. The molecule has 2 atom stereocenters. The number of ether oxygens (including phenoxy) is 1. The Morgan fingerprint density at radius 1 is 1.45 bits per heavy atom. The van der Waals surface area contributed by atoms with Gasteiger partial charge < -0.3 is 14.7 Å². The fraction of sp³-hybridized carbons (Fsp3) is 0.529. The van der Waals surface area contributed by atoms with Crippen LogP contribution in [0.5, 0.6) is 5.75 Å². The Morgan fingerprint density at radius 3 is 2.91 bits per heavy atom. The Bertz CT molecular complexity index is 543. The predicted molar refractivity (Wildman–Crippen MR) is 83.0 cm³/mol. The molecule has 1 aromatic carbocycles. The number of hydrogen-bond donors (Lipinski definition) is 1. The molecular weight excluding hydrogens is 282 g/mol. The number of amides is 1. The summed E-state index contributed by atoms with van der Waals surface area (Å²) in [6.07, 6.45) is 1.81. The molecular formula is C17H23NO4. The van der Waals surface area contributed by atoms with E-state index in [4.69, 9.17) is 9.84 Å². The summed E-state index contributed by atoms with van der Waals surface area (Å²) in [7, 11) is 1.62. The molecule has 0 bridgehead atoms. The number of carbonyl (C=O) groups is 2. The molecule has 1 aromatic rings. The second-order valence-electron chi connectivity index (χ2n) is 5.90. The number of benzene rings is 1. The lowest BCUT2D eigenvalue weighted by Crippen LogP contribution is -2.42. The van der Waals surface area contributed by atoms with Crippen molar-refractivity contribution in [3.63, 3.8) is 0 Å². The molecule has 0 radical (unpaired) electrons. The summed E-state index contributed by atoms with van der Waals surface area (Å²) in [5, 5.41) is 9.10. The molecule has 120 valence electrons. The maximum atomic E-state index is 12.4. The first kappa shape index (κ1) is 16.3. The van der Waals surface area contributed by atoms with E-state index < -0.39 is 11.9 Å². The van der Waals surface area contributed by atoms with Gasteiger partial charge in [-0.15, -0.1) is 0 Å². The smallest absolute Gasteiger partial charge is 0.308 e. The first-order valence-electron chi connectivity index (χ1n) is 7.65. The molecule has 1 aliphatic rings. The Balaban J connectivity index is 1.97. The normalized spacial score (nSPS) is 19.5. The molecule has 1 fully saturated rings. The van der Waals surface area contributed by atoms with Gasteiger partial charge in [-0.3, -0.25) is 9.59 Å². The van der Waals surface area contributed by atoms with Crippen LogP contribution in [-0.4, -0.2) is 42.1 Å². The number of piperidine rings is 1. The zero-order valence-corrected chi connectivity index (χ0v) is 13.1. The Kier molecular flexibility index (Phi) is 5.41. The molecule has 0 aliphatic carbocycles. The third-order valence-electron chi connectivity index (χ3n) is 4.27. The van der Waals surface area contributed by atoms with Crippen LogP contribution >= 0.6 is 0 Å². The highest BCUT2D eigenvalue weighted by Crippen LogP contribution is 2.25. The first-order valence-corrected chi connectivity index (χ1v) is 7.65. The van der Waals surface area contributed by atoms with E-state index in [0.717, 1.165) is 17.7 Å². The van der Waals surface area contributed by atoms with Crippen molar-refractivity contribution in [2.45, 2.75) is 32.1 Å². The van der Waals surface area contributed by atoms with E-state index in [9.17, 15) is 9.59 Å². The third kappa shape index (κ3) is 4.00. The van der Waals surface area contributed by atoms with Crippen molar-refractivity contribution in [3.8, 4) is 5.75 Å². The molecule has 1 heterocycles. The summed E-state index contributed by atoms with van der Waals surface area (Å²) in [4.78, 5) is 25.2. The molecule has 0 spiro atoms. The lowest BCUT2D eigenvalue weighted by molar-refractivity contribution is -0.145. The number of carbonyl (C=O) groups excluding carboxylic acids is 1. The molecule has 1 N–H and O–H groups in total. The van der Waals surface area contributed by atoms with Crippen molar-refractivity contribution >= 4 is 11.9 Å². The highest BCUT2D eigenvalue weighted by molar-refractivity contribution is 5.78. The summed E-state index contributed by atoms with van der Waals surface area (Å²) in [6, 6.07) is 7.71. The number of carboxylic acids is 1. The first-order chi connectivity index (χ1) is 10.5. The van der Waals surface area contributed by atoms with Gasteiger partial charge in [0.25, 0.3) is 0 Å². The molecule has 0 saturated carbocycles. The van der Waals surface area contributed by atoms with E-state index in [1.807, 2.05) is 31.2 Å². The number of aliphatic carboxylic acids is 1. The van der Waals surface area contributed by atoms with Crippen molar-refractivity contribution in [2.24, 2.45) is 5.92 Å². The van der Waals surface area contributed by atoms with Crippen molar-refractivity contribution in [2.75, 3.05) is 20.2 Å². The molecule has 0 aromatic heterocycles. The van der Waals surface area contributed by atoms with Gasteiger partial charge in [-0.2, -0.15) is 0 Å². The summed E-state index contributed by atoms with van der Waals surface area (Å²) < 4.78 is 5.21. The van der Waals surface area contributed by atoms with E-state index in [0.29, 0.717) is 25.9 Å². The fourth-order valence-electron chi connectivity index (χ4n) is 2.86. The molecule has 5 heteroatoms. The molecule has 1 aliphatic heterocycles. The standard InChI is InChI=1S/C17H23NO4/c1-12(13-5-3-7-15(10-13)22-2)9-16(19)18-8-4-6-14(11-18)17(20)21/h3,5,7,10,12,14H,4,6,8-9,11H2,1-2H3,(H,20,21)/t12-,14+/m0/s1. The van der Waals surface area contributed by atoms with Crippen molar-refractivity contribution in [1.82, 2.24) is 4.90 Å². The van der Waals surface area contributed by atoms with Crippen molar-refractivity contribution in [1.29, 1.82) is 0 Å². The van der Waals surface area contributed by atoms with Crippen LogP contribution in [-0.2, 0) is 9.59 Å². The van der Waals surface area contributed by atoms with Gasteiger partial charge in [-0.05, 0) is 36.5 Å². The Hall–Kier alpha value is -2.04. The fourth-order valence-corrected chi connectivity index (χ4v) is 2.86. The minimum atomic E-state index is -0.807. The average Bonchev–Trinajstić information content (AvgIpc) is 2.54. The van der Waals surface area contributed by atoms with Crippen LogP contribution < -0.4 is 4.74 Å². The quantitative estimate of drug-likeness (QED) is 0.907. The highest BCUT2D eigenvalue weighted by atomic mass is 16.5. The number of carboxylic acid groups (broad SMARTS) is 1. The zero-order chi connectivity index (χ0) is 16.1. The topological polar surface area (TPSA) is 66.8 Å². The van der Waals surface area contributed by atoms with Gasteiger partial charge in [-0.25, -0.2) is 0 Å². The number of nitrogens with zero attached hydrogens (tertiary/aromatic N) is 1. The Labute approximate surface area is 130 Å². The van der Waals surface area contributed by atoms with Gasteiger partial charge in [0, 0.05) is 19.5 Å². The number of rotatable bonds is 5. The van der Waals surface area contributed by atoms with Crippen LogP contribution in [0.4, 0.5) is 0 Å². The molecule has 2 rings (SSSR count). The van der Waals surface area contributed by atoms with Gasteiger partial charge in [0.15, 0.2) is 0 Å². The van der Waals surface area contributed by atoms with Gasteiger partial charge in [0.1, 0.15) is 5.75 Å². The van der Waals surface area contributed by atoms with Gasteiger partial charge in [-0.1, -0.05) is 19.1 Å². The lowest BCUT2D eigenvalue weighted by atomic mass is 9.94. The van der Waals surface area contributed by atoms with E-state index in [1.54, 1.807) is 12.0 Å². The highest BCUT2D eigenvalue weighted by Gasteiger charge is 2.28. The van der Waals surface area contributed by atoms with Gasteiger partial charge >= 0.3 is 5.97 Å². The SMILES string of the molecule is COc1cccc([C@@H](C)CC(=O)N2CCC[C@@H](C(=O)O)C2)c1. The second-order valence-corrected chi connectivity index (χ2v) is 5.90. The molecule has 5 nitrogen and oxygen atoms in total. The zero-order valence-electron chi connectivity index (χ0n) is 13.1. The third-order valence-corrected chi connectivity index (χ3v) is 4.27. The van der Waals surface area contributed by atoms with E-state index in [1.165, 1.54) is 0 Å². The monoisotopic (exact) mass is 305 g/mol. The van der Waals surface area contributed by atoms with Gasteiger partial charge in [0.2, 0.25) is 5.91 Å². The second kappa shape index (κ2) is 7.29. The average molecular weight is 305 g/mol.